The lowest BCUT2D eigenvalue weighted by molar-refractivity contribution is 0.518. The summed E-state index contributed by atoms with van der Waals surface area (Å²) in [5.41, 5.74) is 2.15. The number of hydrogen-bond acceptors (Lipinski definition) is 2. The van der Waals surface area contributed by atoms with Crippen molar-refractivity contribution in [1.29, 1.82) is 5.26 Å². The van der Waals surface area contributed by atoms with Gasteiger partial charge < -0.3 is 4.90 Å². The molecule has 15 heavy (non-hydrogen) atoms. The third kappa shape index (κ3) is 1.83. The van der Waals surface area contributed by atoms with Gasteiger partial charge in [-0.3, -0.25) is 0 Å². The number of hydrogen-bond donors (Lipinski definition) is 0. The molecule has 1 aromatic rings. The van der Waals surface area contributed by atoms with Gasteiger partial charge in [0.15, 0.2) is 0 Å². The van der Waals surface area contributed by atoms with E-state index < -0.39 is 0 Å². The Hall–Kier alpha value is -1.49. The van der Waals surface area contributed by atoms with E-state index in [1.165, 1.54) is 18.5 Å². The zero-order valence-electron chi connectivity index (χ0n) is 9.33. The summed E-state index contributed by atoms with van der Waals surface area (Å²) in [5, 5.41) is 8.87. The third-order valence-electron chi connectivity index (χ3n) is 3.19. The van der Waals surface area contributed by atoms with Crippen molar-refractivity contribution in [3.63, 3.8) is 0 Å². The summed E-state index contributed by atoms with van der Waals surface area (Å²) < 4.78 is 0. The van der Waals surface area contributed by atoms with E-state index in [1.54, 1.807) is 0 Å². The van der Waals surface area contributed by atoms with Crippen LogP contribution >= 0.6 is 0 Å². The molecule has 0 aliphatic carbocycles. The number of benzene rings is 1. The van der Waals surface area contributed by atoms with E-state index in [-0.39, 0.29) is 5.54 Å². The second-order valence-electron chi connectivity index (χ2n) is 4.73. The fourth-order valence-corrected chi connectivity index (χ4v) is 2.33. The van der Waals surface area contributed by atoms with Crippen LogP contribution in [0.5, 0.6) is 0 Å². The van der Waals surface area contributed by atoms with Gasteiger partial charge in [-0.1, -0.05) is 6.07 Å². The minimum atomic E-state index is 0.230. The molecule has 0 aromatic heterocycles. The van der Waals surface area contributed by atoms with Crippen LogP contribution in [-0.2, 0) is 0 Å². The number of anilines is 1. The van der Waals surface area contributed by atoms with Crippen LogP contribution in [0.25, 0.3) is 0 Å². The average molecular weight is 200 g/mol. The van der Waals surface area contributed by atoms with E-state index >= 15 is 0 Å². The maximum absolute atomic E-state index is 8.87. The van der Waals surface area contributed by atoms with E-state index in [0.29, 0.717) is 0 Å². The number of nitrogens with zero attached hydrogens (tertiary/aromatic N) is 2. The van der Waals surface area contributed by atoms with Crippen molar-refractivity contribution >= 4 is 5.69 Å². The predicted octanol–water partition coefficient (Wildman–Crippen LogP) is 2.94. The van der Waals surface area contributed by atoms with Gasteiger partial charge in [-0.15, -0.1) is 0 Å². The van der Waals surface area contributed by atoms with E-state index in [0.717, 1.165) is 12.1 Å². The van der Waals surface area contributed by atoms with Crippen molar-refractivity contribution in [2.75, 3.05) is 11.4 Å². The van der Waals surface area contributed by atoms with Gasteiger partial charge in [0, 0.05) is 17.8 Å². The van der Waals surface area contributed by atoms with E-state index in [9.17, 15) is 0 Å². The lowest BCUT2D eigenvalue weighted by Gasteiger charge is -2.33. The minimum Gasteiger partial charge on any atom is -0.366 e. The molecule has 0 unspecified atom stereocenters. The fraction of sp³-hybridized carbons (Fsp3) is 0.462. The molecule has 2 heteroatoms. The Morgan fingerprint density at radius 1 is 1.40 bits per heavy atom. The maximum atomic E-state index is 8.87. The minimum absolute atomic E-state index is 0.230. The summed E-state index contributed by atoms with van der Waals surface area (Å²) >= 11 is 0. The number of nitriles is 1. The quantitative estimate of drug-likeness (QED) is 0.697. The van der Waals surface area contributed by atoms with Crippen LogP contribution in [0.15, 0.2) is 24.3 Å². The van der Waals surface area contributed by atoms with E-state index in [2.05, 4.69) is 30.9 Å². The zero-order valence-corrected chi connectivity index (χ0v) is 9.33. The molecule has 2 rings (SSSR count). The Labute approximate surface area is 91.1 Å². The lowest BCUT2D eigenvalue weighted by Crippen LogP contribution is -2.38. The predicted molar refractivity (Wildman–Crippen MR) is 61.8 cm³/mol. The van der Waals surface area contributed by atoms with Gasteiger partial charge in [0.2, 0.25) is 0 Å². The van der Waals surface area contributed by atoms with Crippen molar-refractivity contribution in [1.82, 2.24) is 0 Å². The molecule has 0 bridgehead atoms. The molecule has 0 spiro atoms. The first-order valence-corrected chi connectivity index (χ1v) is 5.41. The van der Waals surface area contributed by atoms with Gasteiger partial charge in [-0.2, -0.15) is 5.26 Å². The molecule has 0 N–H and O–H groups in total. The monoisotopic (exact) mass is 200 g/mol. The molecule has 2 nitrogen and oxygen atoms in total. The summed E-state index contributed by atoms with van der Waals surface area (Å²) in [5.74, 6) is 0. The van der Waals surface area contributed by atoms with Gasteiger partial charge in [0.25, 0.3) is 0 Å². The molecule has 1 aromatic carbocycles. The molecule has 1 aliphatic heterocycles. The highest BCUT2D eigenvalue weighted by Crippen LogP contribution is 2.33. The van der Waals surface area contributed by atoms with Crippen LogP contribution in [-0.4, -0.2) is 12.1 Å². The van der Waals surface area contributed by atoms with Crippen molar-refractivity contribution in [2.24, 2.45) is 0 Å². The van der Waals surface area contributed by atoms with E-state index in [4.69, 9.17) is 5.26 Å². The lowest BCUT2D eigenvalue weighted by atomic mass is 10.0. The molecule has 1 aliphatic rings. The van der Waals surface area contributed by atoms with Crippen molar-refractivity contribution in [3.8, 4) is 6.07 Å². The van der Waals surface area contributed by atoms with Crippen molar-refractivity contribution in [3.05, 3.63) is 29.8 Å². The molecule has 1 fully saturated rings. The van der Waals surface area contributed by atoms with Gasteiger partial charge >= 0.3 is 0 Å². The second kappa shape index (κ2) is 3.58. The van der Waals surface area contributed by atoms with Crippen LogP contribution in [0.1, 0.15) is 32.3 Å². The smallest absolute Gasteiger partial charge is 0.0992 e. The summed E-state index contributed by atoms with van der Waals surface area (Å²) in [6.07, 6.45) is 2.47. The Kier molecular flexibility index (Phi) is 2.40. The van der Waals surface area contributed by atoms with Gasteiger partial charge in [0.1, 0.15) is 0 Å². The highest BCUT2D eigenvalue weighted by Gasteiger charge is 2.31. The molecule has 0 radical (unpaired) electrons. The highest BCUT2D eigenvalue weighted by molar-refractivity contribution is 5.54. The SMILES string of the molecule is CC1(C)CCCN1c1cccc(C#N)c1. The molecular weight excluding hydrogens is 184 g/mol. The highest BCUT2D eigenvalue weighted by atomic mass is 15.2. The molecular formula is C13H16N2. The first-order chi connectivity index (χ1) is 7.13. The molecule has 78 valence electrons. The zero-order chi connectivity index (χ0) is 10.9. The average Bonchev–Trinajstić information content (AvgIpc) is 2.58. The molecule has 0 saturated carbocycles. The topological polar surface area (TPSA) is 27.0 Å². The first-order valence-electron chi connectivity index (χ1n) is 5.41. The summed E-state index contributed by atoms with van der Waals surface area (Å²) in [6, 6.07) is 10.1. The fourth-order valence-electron chi connectivity index (χ4n) is 2.33. The Morgan fingerprint density at radius 3 is 2.80 bits per heavy atom. The van der Waals surface area contributed by atoms with Crippen LogP contribution in [0.2, 0.25) is 0 Å². The molecule has 1 saturated heterocycles. The molecule has 1 heterocycles. The van der Waals surface area contributed by atoms with Gasteiger partial charge in [0.05, 0.1) is 11.6 Å². The second-order valence-corrected chi connectivity index (χ2v) is 4.73. The van der Waals surface area contributed by atoms with Gasteiger partial charge in [-0.25, -0.2) is 0 Å². The number of rotatable bonds is 1. The Morgan fingerprint density at radius 2 is 2.20 bits per heavy atom. The van der Waals surface area contributed by atoms with Crippen LogP contribution in [0, 0.1) is 11.3 Å². The van der Waals surface area contributed by atoms with Crippen molar-refractivity contribution in [2.45, 2.75) is 32.2 Å². The van der Waals surface area contributed by atoms with E-state index in [1.807, 2.05) is 18.2 Å². The largest absolute Gasteiger partial charge is 0.366 e. The summed E-state index contributed by atoms with van der Waals surface area (Å²) in [6.45, 7) is 5.62. The first kappa shape index (κ1) is 10.0. The van der Waals surface area contributed by atoms with Crippen LogP contribution < -0.4 is 4.90 Å². The third-order valence-corrected chi connectivity index (χ3v) is 3.19. The van der Waals surface area contributed by atoms with Gasteiger partial charge in [-0.05, 0) is 44.9 Å². The normalized spacial score (nSPS) is 18.9. The molecule has 0 atom stereocenters. The van der Waals surface area contributed by atoms with Crippen LogP contribution in [0.4, 0.5) is 5.69 Å². The Balaban J connectivity index is 2.34. The molecule has 0 amide bonds. The van der Waals surface area contributed by atoms with Crippen LogP contribution in [0.3, 0.4) is 0 Å². The van der Waals surface area contributed by atoms with Crippen molar-refractivity contribution < 1.29 is 0 Å². The summed E-state index contributed by atoms with van der Waals surface area (Å²) in [4.78, 5) is 2.40. The maximum Gasteiger partial charge on any atom is 0.0992 e. The summed E-state index contributed by atoms with van der Waals surface area (Å²) in [7, 11) is 0. The Bertz CT molecular complexity index is 401. The standard InChI is InChI=1S/C13H16N2/c1-13(2)7-4-8-15(13)12-6-3-5-11(9-12)10-14/h3,5-6,9H,4,7-8H2,1-2H3.